The lowest BCUT2D eigenvalue weighted by molar-refractivity contribution is 0.0617. The van der Waals surface area contributed by atoms with Gasteiger partial charge in [-0.2, -0.15) is 0 Å². The van der Waals surface area contributed by atoms with Crippen molar-refractivity contribution in [3.8, 4) is 0 Å². The molecule has 0 atom stereocenters. The Kier molecular flexibility index (Phi) is 6.84. The number of amides is 2. The van der Waals surface area contributed by atoms with Crippen molar-refractivity contribution >= 4 is 22.6 Å². The number of para-hydroxylation sites is 1. The average molecular weight is 367 g/mol. The number of methoxy groups -OCH3 is 1. The van der Waals surface area contributed by atoms with Crippen molar-refractivity contribution in [2.45, 2.75) is 13.0 Å². The molecule has 0 saturated heterocycles. The van der Waals surface area contributed by atoms with Gasteiger partial charge in [-0.15, -0.1) is 0 Å². The van der Waals surface area contributed by atoms with Crippen LogP contribution < -0.4 is 10.6 Å². The molecule has 2 amide bonds. The summed E-state index contributed by atoms with van der Waals surface area (Å²) in [6, 6.07) is 15.6. The maximum atomic E-state index is 12.1. The number of benzene rings is 2. The molecule has 1 heterocycles. The van der Waals surface area contributed by atoms with Crippen molar-refractivity contribution in [3.05, 3.63) is 65.9 Å². The van der Waals surface area contributed by atoms with Crippen LogP contribution in [0.25, 0.3) is 10.9 Å². The summed E-state index contributed by atoms with van der Waals surface area (Å²) in [6.45, 7) is 2.16. The maximum absolute atomic E-state index is 12.1. The molecule has 0 aliphatic rings. The fourth-order valence-electron chi connectivity index (χ4n) is 2.90. The van der Waals surface area contributed by atoms with Gasteiger partial charge in [0.2, 0.25) is 0 Å². The van der Waals surface area contributed by atoms with Crippen LogP contribution in [-0.2, 0) is 22.5 Å². The Balaban J connectivity index is 1.45. The topological polar surface area (TPSA) is 75.4 Å². The molecule has 0 spiro atoms. The first-order valence-corrected chi connectivity index (χ1v) is 9.02. The van der Waals surface area contributed by atoms with Gasteiger partial charge in [-0.05, 0) is 35.7 Å². The molecule has 0 bridgehead atoms. The summed E-state index contributed by atoms with van der Waals surface area (Å²) >= 11 is 0. The van der Waals surface area contributed by atoms with Gasteiger partial charge in [0.05, 0.1) is 19.8 Å². The van der Waals surface area contributed by atoms with Gasteiger partial charge >= 0.3 is 6.03 Å². The molecule has 0 saturated carbocycles. The minimum absolute atomic E-state index is 0.215. The van der Waals surface area contributed by atoms with Crippen molar-refractivity contribution in [2.75, 3.05) is 32.2 Å². The molecule has 2 aromatic carbocycles. The lowest BCUT2D eigenvalue weighted by Gasteiger charge is -2.09. The van der Waals surface area contributed by atoms with Crippen molar-refractivity contribution < 1.29 is 14.3 Å². The molecule has 6 nitrogen and oxygen atoms in total. The molecule has 3 N–H and O–H groups in total. The second kappa shape index (κ2) is 9.75. The Labute approximate surface area is 158 Å². The number of aromatic nitrogens is 1. The van der Waals surface area contributed by atoms with Crippen LogP contribution in [-0.4, -0.2) is 37.9 Å². The third-order valence-corrected chi connectivity index (χ3v) is 4.24. The number of fused-ring (bicyclic) bond motifs is 1. The van der Waals surface area contributed by atoms with Gasteiger partial charge in [0, 0.05) is 36.4 Å². The van der Waals surface area contributed by atoms with E-state index in [2.05, 4.69) is 21.7 Å². The van der Waals surface area contributed by atoms with E-state index in [0.29, 0.717) is 26.4 Å². The normalized spacial score (nSPS) is 10.9. The molecule has 0 radical (unpaired) electrons. The van der Waals surface area contributed by atoms with Crippen molar-refractivity contribution in [2.24, 2.45) is 0 Å². The Morgan fingerprint density at radius 2 is 2.00 bits per heavy atom. The molecule has 3 rings (SSSR count). The smallest absolute Gasteiger partial charge is 0.319 e. The molecular weight excluding hydrogens is 342 g/mol. The van der Waals surface area contributed by atoms with E-state index < -0.39 is 0 Å². The molecule has 142 valence electrons. The number of carbonyl (C=O) groups excluding carboxylic acids is 1. The van der Waals surface area contributed by atoms with Crippen LogP contribution >= 0.6 is 0 Å². The number of hydrogen-bond donors (Lipinski definition) is 3. The lowest BCUT2D eigenvalue weighted by Crippen LogP contribution is -2.30. The first-order chi connectivity index (χ1) is 13.3. The van der Waals surface area contributed by atoms with Gasteiger partial charge in [0.25, 0.3) is 0 Å². The Morgan fingerprint density at radius 1 is 1.11 bits per heavy atom. The number of carbonyl (C=O) groups is 1. The summed E-state index contributed by atoms with van der Waals surface area (Å²) in [5.74, 6) is 0. The highest BCUT2D eigenvalue weighted by Crippen LogP contribution is 2.17. The summed E-state index contributed by atoms with van der Waals surface area (Å²) in [4.78, 5) is 15.4. The van der Waals surface area contributed by atoms with Gasteiger partial charge in [-0.25, -0.2) is 4.79 Å². The highest BCUT2D eigenvalue weighted by Gasteiger charge is 2.05. The summed E-state index contributed by atoms with van der Waals surface area (Å²) in [5.41, 5.74) is 4.05. The van der Waals surface area contributed by atoms with E-state index >= 15 is 0 Å². The summed E-state index contributed by atoms with van der Waals surface area (Å²) in [6.07, 6.45) is 2.77. The zero-order valence-electron chi connectivity index (χ0n) is 15.5. The molecule has 0 aliphatic carbocycles. The van der Waals surface area contributed by atoms with Crippen molar-refractivity contribution in [3.63, 3.8) is 0 Å². The molecule has 0 aliphatic heterocycles. The monoisotopic (exact) mass is 367 g/mol. The van der Waals surface area contributed by atoms with Crippen LogP contribution in [0.2, 0.25) is 0 Å². The van der Waals surface area contributed by atoms with E-state index in [9.17, 15) is 4.79 Å². The number of nitrogens with one attached hydrogen (secondary N) is 3. The van der Waals surface area contributed by atoms with Gasteiger partial charge in [0.1, 0.15) is 0 Å². The molecule has 3 aromatic rings. The van der Waals surface area contributed by atoms with E-state index in [1.54, 1.807) is 7.11 Å². The zero-order chi connectivity index (χ0) is 18.9. The largest absolute Gasteiger partial charge is 0.382 e. The minimum Gasteiger partial charge on any atom is -0.382 e. The average Bonchev–Trinajstić information content (AvgIpc) is 3.09. The van der Waals surface area contributed by atoms with E-state index in [1.807, 2.05) is 48.7 Å². The standard InChI is InChI=1S/C21H25N3O3/c1-26-11-12-27-15-16-5-4-6-18(13-16)24-21(25)22-10-9-17-14-23-20-8-3-2-7-19(17)20/h2-8,13-14,23H,9-12,15H2,1H3,(H2,22,24,25). The van der Waals surface area contributed by atoms with Crippen LogP contribution in [0.5, 0.6) is 0 Å². The van der Waals surface area contributed by atoms with Crippen LogP contribution in [0.15, 0.2) is 54.7 Å². The Morgan fingerprint density at radius 3 is 2.89 bits per heavy atom. The van der Waals surface area contributed by atoms with Crippen LogP contribution in [0.4, 0.5) is 10.5 Å². The SMILES string of the molecule is COCCOCc1cccc(NC(=O)NCCc2c[nH]c3ccccc23)c1. The number of anilines is 1. The number of urea groups is 1. The number of ether oxygens (including phenoxy) is 2. The van der Waals surface area contributed by atoms with Crippen LogP contribution in [0.3, 0.4) is 0 Å². The summed E-state index contributed by atoms with van der Waals surface area (Å²) in [7, 11) is 1.64. The van der Waals surface area contributed by atoms with Gasteiger partial charge < -0.3 is 25.1 Å². The second-order valence-corrected chi connectivity index (χ2v) is 6.24. The maximum Gasteiger partial charge on any atom is 0.319 e. The predicted octanol–water partition coefficient (Wildman–Crippen LogP) is 3.70. The fourth-order valence-corrected chi connectivity index (χ4v) is 2.90. The Hall–Kier alpha value is -2.83. The van der Waals surface area contributed by atoms with Crippen molar-refractivity contribution in [1.82, 2.24) is 10.3 Å². The van der Waals surface area contributed by atoms with Gasteiger partial charge in [0.15, 0.2) is 0 Å². The number of H-pyrrole nitrogens is 1. The third-order valence-electron chi connectivity index (χ3n) is 4.24. The van der Waals surface area contributed by atoms with Crippen LogP contribution in [0.1, 0.15) is 11.1 Å². The molecule has 1 aromatic heterocycles. The minimum atomic E-state index is -0.215. The molecule has 0 unspecified atom stereocenters. The second-order valence-electron chi connectivity index (χ2n) is 6.24. The van der Waals surface area contributed by atoms with Gasteiger partial charge in [-0.1, -0.05) is 30.3 Å². The summed E-state index contributed by atoms with van der Waals surface area (Å²) < 4.78 is 10.5. The highest BCUT2D eigenvalue weighted by molar-refractivity contribution is 5.89. The van der Waals surface area contributed by atoms with Crippen molar-refractivity contribution in [1.29, 1.82) is 0 Å². The highest BCUT2D eigenvalue weighted by atomic mass is 16.5. The predicted molar refractivity (Wildman–Crippen MR) is 107 cm³/mol. The van der Waals surface area contributed by atoms with E-state index in [-0.39, 0.29) is 6.03 Å². The number of rotatable bonds is 9. The zero-order valence-corrected chi connectivity index (χ0v) is 15.5. The van der Waals surface area contributed by atoms with E-state index in [4.69, 9.17) is 9.47 Å². The molecular formula is C21H25N3O3. The van der Waals surface area contributed by atoms with Gasteiger partial charge in [-0.3, -0.25) is 0 Å². The first-order valence-electron chi connectivity index (χ1n) is 9.02. The number of aromatic amines is 1. The third kappa shape index (κ3) is 5.57. The lowest BCUT2D eigenvalue weighted by atomic mass is 10.1. The molecule has 0 fully saturated rings. The van der Waals surface area contributed by atoms with E-state index in [0.717, 1.165) is 23.2 Å². The number of hydrogen-bond acceptors (Lipinski definition) is 3. The van der Waals surface area contributed by atoms with Crippen LogP contribution in [0, 0.1) is 0 Å². The Bertz CT molecular complexity index is 876. The quantitative estimate of drug-likeness (QED) is 0.505. The fraction of sp³-hybridized carbons (Fsp3) is 0.286. The first kappa shape index (κ1) is 18.9. The molecule has 6 heteroatoms. The summed E-state index contributed by atoms with van der Waals surface area (Å²) in [5, 5.41) is 6.96. The van der Waals surface area contributed by atoms with E-state index in [1.165, 1.54) is 10.9 Å². The molecule has 27 heavy (non-hydrogen) atoms.